The van der Waals surface area contributed by atoms with Crippen LogP contribution in [0, 0.1) is 5.92 Å². The van der Waals surface area contributed by atoms with Crippen LogP contribution in [0.4, 0.5) is 5.69 Å². The summed E-state index contributed by atoms with van der Waals surface area (Å²) in [7, 11) is -3.62. The Morgan fingerprint density at radius 2 is 1.56 bits per heavy atom. The topological polar surface area (TPSA) is 64.0 Å². The summed E-state index contributed by atoms with van der Waals surface area (Å²) in [6, 6.07) is 23.0. The van der Waals surface area contributed by atoms with Crippen LogP contribution in [-0.2, 0) is 35.8 Å². The molecule has 34 heavy (non-hydrogen) atoms. The van der Waals surface area contributed by atoms with E-state index in [-0.39, 0.29) is 4.90 Å². The molecule has 0 saturated carbocycles. The summed E-state index contributed by atoms with van der Waals surface area (Å²) in [6.45, 7) is 7.43. The standard InChI is InChI=1S/C28H33N3O2S/c1-4-19-31-27-8-6-5-7-26(27)29-28(31)18-13-22-9-14-24(15-10-22)30-34(32,33)25-16-11-23(12-17-25)20-21(2)3/h5-12,14-17,21,30H,4,13,18-20H2,1-3H3. The Morgan fingerprint density at radius 1 is 0.882 bits per heavy atom. The number of sulfonamides is 1. The minimum Gasteiger partial charge on any atom is -0.328 e. The van der Waals surface area contributed by atoms with Gasteiger partial charge in [-0.05, 0) is 72.7 Å². The molecule has 0 saturated heterocycles. The molecule has 178 valence electrons. The van der Waals surface area contributed by atoms with Gasteiger partial charge in [0.15, 0.2) is 0 Å². The third-order valence-corrected chi connectivity index (χ3v) is 7.30. The summed E-state index contributed by atoms with van der Waals surface area (Å²) in [6.07, 6.45) is 3.67. The first-order chi connectivity index (χ1) is 16.4. The number of fused-ring (bicyclic) bond motifs is 1. The summed E-state index contributed by atoms with van der Waals surface area (Å²) in [5.74, 6) is 1.62. The molecule has 1 N–H and O–H groups in total. The molecule has 0 spiro atoms. The highest BCUT2D eigenvalue weighted by Crippen LogP contribution is 2.21. The number of anilines is 1. The van der Waals surface area contributed by atoms with Crippen LogP contribution in [0.5, 0.6) is 0 Å². The van der Waals surface area contributed by atoms with Crippen molar-refractivity contribution < 1.29 is 8.42 Å². The summed E-state index contributed by atoms with van der Waals surface area (Å²) >= 11 is 0. The van der Waals surface area contributed by atoms with E-state index < -0.39 is 10.0 Å². The van der Waals surface area contributed by atoms with E-state index >= 15 is 0 Å². The maximum Gasteiger partial charge on any atom is 0.261 e. The number of rotatable bonds is 10. The van der Waals surface area contributed by atoms with Gasteiger partial charge < -0.3 is 4.57 Å². The van der Waals surface area contributed by atoms with Gasteiger partial charge in [-0.1, -0.05) is 57.2 Å². The number of hydrogen-bond acceptors (Lipinski definition) is 3. The lowest BCUT2D eigenvalue weighted by molar-refractivity contribution is 0.601. The lowest BCUT2D eigenvalue weighted by Gasteiger charge is -2.11. The van der Waals surface area contributed by atoms with E-state index in [4.69, 9.17) is 4.98 Å². The van der Waals surface area contributed by atoms with Crippen molar-refractivity contribution in [2.24, 2.45) is 5.92 Å². The molecule has 0 aliphatic carbocycles. The van der Waals surface area contributed by atoms with Gasteiger partial charge in [0.05, 0.1) is 15.9 Å². The van der Waals surface area contributed by atoms with Gasteiger partial charge in [-0.3, -0.25) is 4.72 Å². The van der Waals surface area contributed by atoms with Crippen molar-refractivity contribution in [2.45, 2.75) is 57.9 Å². The summed E-state index contributed by atoms with van der Waals surface area (Å²) < 4.78 is 30.6. The molecule has 0 atom stereocenters. The van der Waals surface area contributed by atoms with Gasteiger partial charge in [0.2, 0.25) is 0 Å². The molecule has 1 aromatic heterocycles. The fourth-order valence-corrected chi connectivity index (χ4v) is 5.33. The van der Waals surface area contributed by atoms with E-state index in [0.29, 0.717) is 11.6 Å². The molecule has 0 bridgehead atoms. The maximum atomic E-state index is 12.8. The lowest BCUT2D eigenvalue weighted by atomic mass is 10.0. The van der Waals surface area contributed by atoms with Gasteiger partial charge >= 0.3 is 0 Å². The van der Waals surface area contributed by atoms with Crippen molar-refractivity contribution in [3.63, 3.8) is 0 Å². The third-order valence-electron chi connectivity index (χ3n) is 5.90. The number of aromatic nitrogens is 2. The van der Waals surface area contributed by atoms with E-state index in [1.54, 1.807) is 12.1 Å². The Bertz CT molecular complexity index is 1340. The number of nitrogens with one attached hydrogen (secondary N) is 1. The molecular weight excluding hydrogens is 442 g/mol. The largest absolute Gasteiger partial charge is 0.328 e. The van der Waals surface area contributed by atoms with Gasteiger partial charge in [0.25, 0.3) is 10.0 Å². The molecule has 4 aromatic rings. The van der Waals surface area contributed by atoms with Crippen molar-refractivity contribution >= 4 is 26.7 Å². The average Bonchev–Trinajstić information content (AvgIpc) is 3.16. The van der Waals surface area contributed by atoms with Gasteiger partial charge in [0, 0.05) is 18.7 Å². The molecular formula is C28H33N3O2S. The third kappa shape index (κ3) is 5.68. The van der Waals surface area contributed by atoms with Gasteiger partial charge in [0.1, 0.15) is 5.82 Å². The Labute approximate surface area is 202 Å². The molecule has 3 aromatic carbocycles. The van der Waals surface area contributed by atoms with Crippen molar-refractivity contribution in [1.29, 1.82) is 0 Å². The van der Waals surface area contributed by atoms with Crippen molar-refractivity contribution in [2.75, 3.05) is 4.72 Å². The highest BCUT2D eigenvalue weighted by molar-refractivity contribution is 7.92. The lowest BCUT2D eigenvalue weighted by Crippen LogP contribution is -2.13. The minimum atomic E-state index is -3.62. The highest BCUT2D eigenvalue weighted by atomic mass is 32.2. The molecule has 1 heterocycles. The predicted octanol–water partition coefficient (Wildman–Crippen LogP) is 6.23. The molecule has 0 radical (unpaired) electrons. The maximum absolute atomic E-state index is 12.8. The van der Waals surface area contributed by atoms with Gasteiger partial charge in [-0.2, -0.15) is 0 Å². The number of aryl methyl sites for hydroxylation is 3. The normalized spacial score (nSPS) is 11.9. The van der Waals surface area contributed by atoms with E-state index in [1.807, 2.05) is 42.5 Å². The molecule has 4 rings (SSSR count). The number of benzene rings is 3. The summed E-state index contributed by atoms with van der Waals surface area (Å²) in [5.41, 5.74) is 5.07. The molecule has 0 aliphatic heterocycles. The Hall–Kier alpha value is -3.12. The van der Waals surface area contributed by atoms with Crippen molar-refractivity contribution in [3.8, 4) is 0 Å². The second-order valence-corrected chi connectivity index (χ2v) is 10.9. The van der Waals surface area contributed by atoms with Crippen LogP contribution >= 0.6 is 0 Å². The van der Waals surface area contributed by atoms with Crippen LogP contribution in [0.3, 0.4) is 0 Å². The first-order valence-corrected chi connectivity index (χ1v) is 13.5. The molecule has 0 amide bonds. The predicted molar refractivity (Wildman–Crippen MR) is 140 cm³/mol. The number of para-hydroxylation sites is 2. The first-order valence-electron chi connectivity index (χ1n) is 12.0. The smallest absolute Gasteiger partial charge is 0.261 e. The second-order valence-electron chi connectivity index (χ2n) is 9.21. The van der Waals surface area contributed by atoms with Crippen LogP contribution in [0.2, 0.25) is 0 Å². The summed E-state index contributed by atoms with van der Waals surface area (Å²) in [5, 5.41) is 0. The zero-order valence-electron chi connectivity index (χ0n) is 20.2. The van der Waals surface area contributed by atoms with Crippen LogP contribution < -0.4 is 4.72 Å². The number of hydrogen-bond donors (Lipinski definition) is 1. The van der Waals surface area contributed by atoms with E-state index in [9.17, 15) is 8.42 Å². The molecule has 0 fully saturated rings. The molecule has 0 unspecified atom stereocenters. The minimum absolute atomic E-state index is 0.277. The quantitative estimate of drug-likeness (QED) is 0.296. The number of nitrogens with zero attached hydrogens (tertiary/aromatic N) is 2. The summed E-state index contributed by atoms with van der Waals surface area (Å²) in [4.78, 5) is 5.12. The van der Waals surface area contributed by atoms with Gasteiger partial charge in [-0.25, -0.2) is 13.4 Å². The zero-order valence-corrected chi connectivity index (χ0v) is 21.0. The van der Waals surface area contributed by atoms with Crippen molar-refractivity contribution in [1.82, 2.24) is 9.55 Å². The van der Waals surface area contributed by atoms with E-state index in [2.05, 4.69) is 48.3 Å². The highest BCUT2D eigenvalue weighted by Gasteiger charge is 2.15. The Kier molecular flexibility index (Phi) is 7.37. The molecule has 0 aliphatic rings. The molecule has 5 nitrogen and oxygen atoms in total. The van der Waals surface area contributed by atoms with E-state index in [1.165, 1.54) is 5.52 Å². The fourth-order valence-electron chi connectivity index (χ4n) is 4.28. The molecule has 6 heteroatoms. The Morgan fingerprint density at radius 3 is 2.24 bits per heavy atom. The van der Waals surface area contributed by atoms with Crippen LogP contribution in [-0.4, -0.2) is 18.0 Å². The average molecular weight is 476 g/mol. The second kappa shape index (κ2) is 10.4. The monoisotopic (exact) mass is 475 g/mol. The zero-order chi connectivity index (χ0) is 24.1. The van der Waals surface area contributed by atoms with Crippen LogP contribution in [0.15, 0.2) is 77.7 Å². The SMILES string of the molecule is CCCn1c(CCc2ccc(NS(=O)(=O)c3ccc(CC(C)C)cc3)cc2)nc2ccccc21. The number of imidazole rings is 1. The van der Waals surface area contributed by atoms with E-state index in [0.717, 1.165) is 54.7 Å². The first kappa shape index (κ1) is 24.0. The Balaban J connectivity index is 1.41. The fraction of sp³-hybridized carbons (Fsp3) is 0.321. The van der Waals surface area contributed by atoms with Crippen LogP contribution in [0.25, 0.3) is 11.0 Å². The van der Waals surface area contributed by atoms with Crippen LogP contribution in [0.1, 0.15) is 44.1 Å². The van der Waals surface area contributed by atoms with Crippen molar-refractivity contribution in [3.05, 3.63) is 89.7 Å². The van der Waals surface area contributed by atoms with Gasteiger partial charge in [-0.15, -0.1) is 0 Å².